The molecule has 1 aliphatic heterocycles. The minimum absolute atomic E-state index is 0. The SMILES string of the molecule is CCC(C(=O)c1ccccc1)C1=NC(C)(C)Cc2ccccc21.Cl. The molecule has 0 N–H and O–H groups in total. The second kappa shape index (κ2) is 7.31. The van der Waals surface area contributed by atoms with Crippen molar-refractivity contribution in [2.45, 2.75) is 39.2 Å². The Balaban J connectivity index is 0.00000208. The van der Waals surface area contributed by atoms with Crippen molar-refractivity contribution in [2.75, 3.05) is 0 Å². The number of Topliss-reactive ketones (excluding diaryl/α,β-unsaturated/α-hetero) is 1. The molecular formula is C21H24ClNO. The number of hydrogen-bond donors (Lipinski definition) is 0. The minimum Gasteiger partial charge on any atom is -0.293 e. The van der Waals surface area contributed by atoms with Crippen LogP contribution in [0.5, 0.6) is 0 Å². The summed E-state index contributed by atoms with van der Waals surface area (Å²) in [6, 6.07) is 17.9. The molecule has 0 amide bonds. The zero-order valence-corrected chi connectivity index (χ0v) is 15.3. The topological polar surface area (TPSA) is 29.4 Å². The Morgan fingerprint density at radius 3 is 2.38 bits per heavy atom. The van der Waals surface area contributed by atoms with Gasteiger partial charge < -0.3 is 0 Å². The van der Waals surface area contributed by atoms with Crippen LogP contribution in [0.3, 0.4) is 0 Å². The third-order valence-electron chi connectivity index (χ3n) is 4.45. The number of carbonyl (C=O) groups is 1. The summed E-state index contributed by atoms with van der Waals surface area (Å²) in [6.07, 6.45) is 1.68. The highest BCUT2D eigenvalue weighted by atomic mass is 35.5. The molecule has 0 spiro atoms. The highest BCUT2D eigenvalue weighted by Gasteiger charge is 2.33. The van der Waals surface area contributed by atoms with E-state index in [9.17, 15) is 4.79 Å². The predicted molar refractivity (Wildman–Crippen MR) is 103 cm³/mol. The molecule has 1 aliphatic rings. The maximum absolute atomic E-state index is 13.0. The van der Waals surface area contributed by atoms with E-state index in [2.05, 4.69) is 39.0 Å². The molecule has 3 rings (SSSR count). The fraction of sp³-hybridized carbons (Fsp3) is 0.333. The van der Waals surface area contributed by atoms with Crippen LogP contribution in [0.2, 0.25) is 0 Å². The molecule has 1 atom stereocenters. The second-order valence-corrected chi connectivity index (χ2v) is 6.83. The van der Waals surface area contributed by atoms with Crippen molar-refractivity contribution < 1.29 is 4.79 Å². The lowest BCUT2D eigenvalue weighted by atomic mass is 9.80. The fourth-order valence-electron chi connectivity index (χ4n) is 3.39. The van der Waals surface area contributed by atoms with E-state index in [0.29, 0.717) is 0 Å². The molecule has 2 nitrogen and oxygen atoms in total. The van der Waals surface area contributed by atoms with Crippen LogP contribution >= 0.6 is 12.4 Å². The van der Waals surface area contributed by atoms with E-state index in [4.69, 9.17) is 4.99 Å². The molecule has 2 aromatic rings. The number of halogens is 1. The number of nitrogens with zero attached hydrogens (tertiary/aromatic N) is 1. The predicted octanol–water partition coefficient (Wildman–Crippen LogP) is 5.14. The van der Waals surface area contributed by atoms with Crippen molar-refractivity contribution in [3.63, 3.8) is 0 Å². The van der Waals surface area contributed by atoms with Crippen LogP contribution in [0.25, 0.3) is 0 Å². The summed E-state index contributed by atoms with van der Waals surface area (Å²) < 4.78 is 0. The Bertz CT molecular complexity index is 749. The summed E-state index contributed by atoms with van der Waals surface area (Å²) in [5, 5.41) is 0. The first-order chi connectivity index (χ1) is 11.0. The Morgan fingerprint density at radius 2 is 1.71 bits per heavy atom. The van der Waals surface area contributed by atoms with Crippen molar-refractivity contribution in [1.82, 2.24) is 0 Å². The van der Waals surface area contributed by atoms with Gasteiger partial charge in [0.15, 0.2) is 5.78 Å². The van der Waals surface area contributed by atoms with Gasteiger partial charge in [-0.15, -0.1) is 12.4 Å². The van der Waals surface area contributed by atoms with Crippen LogP contribution in [-0.4, -0.2) is 17.0 Å². The van der Waals surface area contributed by atoms with Gasteiger partial charge in [0.05, 0.1) is 17.2 Å². The largest absolute Gasteiger partial charge is 0.293 e. The molecule has 126 valence electrons. The van der Waals surface area contributed by atoms with Crippen molar-refractivity contribution in [3.8, 4) is 0 Å². The van der Waals surface area contributed by atoms with E-state index in [0.717, 1.165) is 29.7 Å². The van der Waals surface area contributed by atoms with E-state index in [1.54, 1.807) is 0 Å². The zero-order chi connectivity index (χ0) is 16.4. The average Bonchev–Trinajstić information content (AvgIpc) is 2.55. The van der Waals surface area contributed by atoms with Gasteiger partial charge >= 0.3 is 0 Å². The Kier molecular flexibility index (Phi) is 5.61. The lowest BCUT2D eigenvalue weighted by Crippen LogP contribution is -2.35. The van der Waals surface area contributed by atoms with Gasteiger partial charge in [0.25, 0.3) is 0 Å². The summed E-state index contributed by atoms with van der Waals surface area (Å²) in [5.41, 5.74) is 3.99. The Labute approximate surface area is 150 Å². The fourth-order valence-corrected chi connectivity index (χ4v) is 3.39. The Hall–Kier alpha value is -1.93. The van der Waals surface area contributed by atoms with E-state index in [1.807, 2.05) is 36.4 Å². The van der Waals surface area contributed by atoms with Crippen molar-refractivity contribution >= 4 is 23.9 Å². The summed E-state index contributed by atoms with van der Waals surface area (Å²) in [6.45, 7) is 6.35. The van der Waals surface area contributed by atoms with Gasteiger partial charge in [-0.2, -0.15) is 0 Å². The number of rotatable bonds is 4. The van der Waals surface area contributed by atoms with Gasteiger partial charge in [-0.3, -0.25) is 9.79 Å². The third-order valence-corrected chi connectivity index (χ3v) is 4.45. The third kappa shape index (κ3) is 3.59. The first-order valence-corrected chi connectivity index (χ1v) is 8.29. The highest BCUT2D eigenvalue weighted by molar-refractivity contribution is 6.19. The lowest BCUT2D eigenvalue weighted by Gasteiger charge is -2.31. The molecule has 2 aromatic carbocycles. The molecule has 0 aromatic heterocycles. The molecule has 1 unspecified atom stereocenters. The van der Waals surface area contributed by atoms with E-state index < -0.39 is 0 Å². The monoisotopic (exact) mass is 341 g/mol. The smallest absolute Gasteiger partial charge is 0.171 e. The van der Waals surface area contributed by atoms with Crippen molar-refractivity contribution in [2.24, 2.45) is 10.9 Å². The van der Waals surface area contributed by atoms with E-state index >= 15 is 0 Å². The van der Waals surface area contributed by atoms with Gasteiger partial charge in [0.2, 0.25) is 0 Å². The number of benzene rings is 2. The maximum atomic E-state index is 13.0. The van der Waals surface area contributed by atoms with Crippen molar-refractivity contribution in [3.05, 3.63) is 71.3 Å². The molecule has 3 heteroatoms. The van der Waals surface area contributed by atoms with E-state index in [-0.39, 0.29) is 29.6 Å². The number of aliphatic imine (C=N–C) groups is 1. The first kappa shape index (κ1) is 18.4. The summed E-state index contributed by atoms with van der Waals surface area (Å²) in [5.74, 6) is -0.0162. The van der Waals surface area contributed by atoms with Crippen LogP contribution in [-0.2, 0) is 6.42 Å². The second-order valence-electron chi connectivity index (χ2n) is 6.83. The average molecular weight is 342 g/mol. The van der Waals surface area contributed by atoms with Gasteiger partial charge in [-0.05, 0) is 37.8 Å². The molecular weight excluding hydrogens is 318 g/mol. The summed E-state index contributed by atoms with van der Waals surface area (Å²) in [4.78, 5) is 18.0. The van der Waals surface area contributed by atoms with Gasteiger partial charge in [0.1, 0.15) is 0 Å². The summed E-state index contributed by atoms with van der Waals surface area (Å²) in [7, 11) is 0. The van der Waals surface area contributed by atoms with Crippen LogP contribution in [0.4, 0.5) is 0 Å². The van der Waals surface area contributed by atoms with Crippen molar-refractivity contribution in [1.29, 1.82) is 0 Å². The normalized spacial score (nSPS) is 16.4. The van der Waals surface area contributed by atoms with Gasteiger partial charge in [0, 0.05) is 5.56 Å². The van der Waals surface area contributed by atoms with Crippen LogP contribution in [0.15, 0.2) is 59.6 Å². The lowest BCUT2D eigenvalue weighted by molar-refractivity contribution is 0.0952. The number of hydrogen-bond acceptors (Lipinski definition) is 2. The van der Waals surface area contributed by atoms with Gasteiger partial charge in [-0.25, -0.2) is 0 Å². The van der Waals surface area contributed by atoms with E-state index in [1.165, 1.54) is 5.56 Å². The molecule has 0 saturated heterocycles. The molecule has 1 heterocycles. The molecule has 0 fully saturated rings. The zero-order valence-electron chi connectivity index (χ0n) is 14.5. The first-order valence-electron chi connectivity index (χ1n) is 8.29. The minimum atomic E-state index is -0.182. The van der Waals surface area contributed by atoms with Gasteiger partial charge in [-0.1, -0.05) is 61.5 Å². The van der Waals surface area contributed by atoms with Crippen LogP contribution in [0.1, 0.15) is 48.7 Å². The number of ketones is 1. The number of fused-ring (bicyclic) bond motifs is 1. The molecule has 0 bridgehead atoms. The van der Waals surface area contributed by atoms with Crippen LogP contribution < -0.4 is 0 Å². The maximum Gasteiger partial charge on any atom is 0.171 e. The number of carbonyl (C=O) groups excluding carboxylic acids is 1. The summed E-state index contributed by atoms with van der Waals surface area (Å²) >= 11 is 0. The quantitative estimate of drug-likeness (QED) is 0.708. The molecule has 24 heavy (non-hydrogen) atoms. The highest BCUT2D eigenvalue weighted by Crippen LogP contribution is 2.31. The van der Waals surface area contributed by atoms with Crippen LogP contribution in [0, 0.1) is 5.92 Å². The Morgan fingerprint density at radius 1 is 1.08 bits per heavy atom. The standard InChI is InChI=1S/C21H23NO.ClH/c1-4-17(20(23)15-10-6-5-7-11-15)19-18-13-9-8-12-16(18)14-21(2,3)22-19;/h5-13,17H,4,14H2,1-3H3;1H. The molecule has 0 aliphatic carbocycles. The molecule has 0 radical (unpaired) electrons. The molecule has 0 saturated carbocycles.